The van der Waals surface area contributed by atoms with Crippen molar-refractivity contribution in [2.45, 2.75) is 169 Å². The molecular formula is C54H74O2. The molecule has 5 rings (SSSR count). The Balaban J connectivity index is 2.11. The van der Waals surface area contributed by atoms with Crippen LogP contribution in [0.25, 0.3) is 11.1 Å². The molecule has 2 heteroatoms. The van der Waals surface area contributed by atoms with E-state index in [9.17, 15) is 0 Å². The minimum absolute atomic E-state index is 0.00203. The fourth-order valence-electron chi connectivity index (χ4n) is 8.73. The van der Waals surface area contributed by atoms with Gasteiger partial charge in [0, 0.05) is 11.8 Å². The molecule has 2 atom stereocenters. The highest BCUT2D eigenvalue weighted by molar-refractivity contribution is 6.05. The molecule has 2 nitrogen and oxygen atoms in total. The molecule has 0 amide bonds. The maximum Gasteiger partial charge on any atom is 0.118 e. The van der Waals surface area contributed by atoms with Crippen molar-refractivity contribution in [3.05, 3.63) is 128 Å². The molecule has 0 heterocycles. The summed E-state index contributed by atoms with van der Waals surface area (Å²) >= 11 is 0. The van der Waals surface area contributed by atoms with E-state index in [0.29, 0.717) is 0 Å². The number of methoxy groups -OCH3 is 2. The summed E-state index contributed by atoms with van der Waals surface area (Å²) in [7, 11) is 3.51. The van der Waals surface area contributed by atoms with Crippen LogP contribution in [0.3, 0.4) is 0 Å². The van der Waals surface area contributed by atoms with E-state index >= 15 is 0 Å². The van der Waals surface area contributed by atoms with Gasteiger partial charge in [-0.15, -0.1) is 0 Å². The number of hydrogen-bond acceptors (Lipinski definition) is 2. The number of ether oxygens (including phenoxy) is 2. The molecule has 0 aliphatic heterocycles. The van der Waals surface area contributed by atoms with Crippen LogP contribution in [0, 0.1) is 0 Å². The molecule has 4 aromatic rings. The molecule has 0 spiro atoms. The Morgan fingerprint density at radius 1 is 0.339 bits per heavy atom. The summed E-state index contributed by atoms with van der Waals surface area (Å²) in [4.78, 5) is 0. The van der Waals surface area contributed by atoms with Crippen LogP contribution in [0.4, 0.5) is 0 Å². The van der Waals surface area contributed by atoms with Gasteiger partial charge in [-0.2, -0.15) is 0 Å². The number of hydrogen-bond donors (Lipinski definition) is 0. The standard InChI is InChI=1S/C54H74O2/c1-49(2,3)35-29-39(51(7,8)9)45(40(30-35)52(10,11)12)47-43(33-21-25-37(55-19)26-22-33)44(34-23-27-38(56-20)28-24-34)48(47)46-41(53(13,14)15)31-36(50(4,5)6)32-42(46)54(16,17)18/h21-32,47-48H,1-20H3. The monoisotopic (exact) mass is 755 g/mol. The van der Waals surface area contributed by atoms with Gasteiger partial charge >= 0.3 is 0 Å². The summed E-state index contributed by atoms with van der Waals surface area (Å²) in [5.74, 6) is 1.94. The van der Waals surface area contributed by atoms with Crippen molar-refractivity contribution in [1.29, 1.82) is 0 Å². The van der Waals surface area contributed by atoms with E-state index in [2.05, 4.69) is 197 Å². The largest absolute Gasteiger partial charge is 0.497 e. The van der Waals surface area contributed by atoms with Crippen LogP contribution in [0.2, 0.25) is 0 Å². The Kier molecular flexibility index (Phi) is 11.3. The molecule has 0 radical (unpaired) electrons. The van der Waals surface area contributed by atoms with Crippen LogP contribution in [-0.4, -0.2) is 14.2 Å². The van der Waals surface area contributed by atoms with Gasteiger partial charge < -0.3 is 9.47 Å². The number of rotatable bonds is 6. The SMILES string of the molecule is COc1ccc(C2=C(c3ccc(OC)cc3)C(c3c(C(C)(C)C)cc(C(C)(C)C)cc3C(C)(C)C)C2c2c(C(C)(C)C)cc(C(C)(C)C)cc2C(C)(C)C)cc1. The quantitative estimate of drug-likeness (QED) is 0.195. The van der Waals surface area contributed by atoms with Crippen LogP contribution in [0.15, 0.2) is 72.8 Å². The molecule has 1 aliphatic carbocycles. The van der Waals surface area contributed by atoms with Crippen LogP contribution >= 0.6 is 0 Å². The van der Waals surface area contributed by atoms with Crippen molar-refractivity contribution in [3.8, 4) is 11.5 Å². The second-order valence-corrected chi connectivity index (χ2v) is 22.7. The minimum atomic E-state index is -0.0994. The molecule has 0 N–H and O–H groups in total. The topological polar surface area (TPSA) is 18.5 Å². The first-order chi connectivity index (χ1) is 25.5. The lowest BCUT2D eigenvalue weighted by molar-refractivity contribution is 0.414. The third-order valence-electron chi connectivity index (χ3n) is 12.0. The Morgan fingerprint density at radius 2 is 0.571 bits per heavy atom. The Bertz CT molecular complexity index is 1860. The highest BCUT2D eigenvalue weighted by atomic mass is 16.5. The first-order valence-corrected chi connectivity index (χ1v) is 20.9. The van der Waals surface area contributed by atoms with Gasteiger partial charge in [0.05, 0.1) is 14.2 Å². The minimum Gasteiger partial charge on any atom is -0.497 e. The molecule has 4 aromatic carbocycles. The summed E-state index contributed by atoms with van der Waals surface area (Å²) in [5, 5.41) is 0. The second kappa shape index (κ2) is 14.6. The summed E-state index contributed by atoms with van der Waals surface area (Å²) in [6.07, 6.45) is 0. The van der Waals surface area contributed by atoms with E-state index in [1.54, 1.807) is 14.2 Å². The van der Waals surface area contributed by atoms with E-state index in [1.165, 1.54) is 66.8 Å². The molecule has 2 unspecified atom stereocenters. The first-order valence-electron chi connectivity index (χ1n) is 20.9. The summed E-state index contributed by atoms with van der Waals surface area (Å²) in [6, 6.07) is 28.0. The third kappa shape index (κ3) is 8.42. The average Bonchev–Trinajstić information content (AvgIpc) is 3.05. The predicted molar refractivity (Wildman–Crippen MR) is 243 cm³/mol. The van der Waals surface area contributed by atoms with Gasteiger partial charge in [0.15, 0.2) is 0 Å². The van der Waals surface area contributed by atoms with Gasteiger partial charge in [-0.1, -0.05) is 173 Å². The van der Waals surface area contributed by atoms with Gasteiger partial charge in [-0.05, 0) is 124 Å². The van der Waals surface area contributed by atoms with Crippen molar-refractivity contribution >= 4 is 11.1 Å². The summed E-state index contributed by atoms with van der Waals surface area (Å²) < 4.78 is 11.5. The Morgan fingerprint density at radius 3 is 0.750 bits per heavy atom. The molecule has 0 fully saturated rings. The van der Waals surface area contributed by atoms with Crippen molar-refractivity contribution in [1.82, 2.24) is 0 Å². The van der Waals surface area contributed by atoms with Gasteiger partial charge in [-0.3, -0.25) is 0 Å². The van der Waals surface area contributed by atoms with E-state index in [-0.39, 0.29) is 44.3 Å². The van der Waals surface area contributed by atoms with Crippen LogP contribution < -0.4 is 9.47 Å². The van der Waals surface area contributed by atoms with Crippen molar-refractivity contribution in [3.63, 3.8) is 0 Å². The molecule has 0 bridgehead atoms. The first kappa shape index (κ1) is 43.3. The zero-order valence-electron chi connectivity index (χ0n) is 38.9. The highest BCUT2D eigenvalue weighted by Crippen LogP contribution is 2.66. The Labute approximate surface area is 342 Å². The smallest absolute Gasteiger partial charge is 0.118 e. The third-order valence-corrected chi connectivity index (χ3v) is 12.0. The van der Waals surface area contributed by atoms with Crippen LogP contribution in [-0.2, 0) is 32.5 Å². The maximum atomic E-state index is 5.73. The zero-order chi connectivity index (χ0) is 42.1. The molecule has 0 aromatic heterocycles. The molecule has 1 aliphatic rings. The van der Waals surface area contributed by atoms with Gasteiger partial charge in [0.1, 0.15) is 11.5 Å². The average molecular weight is 755 g/mol. The number of allylic oxidation sites excluding steroid dienone is 2. The van der Waals surface area contributed by atoms with Crippen LogP contribution in [0.1, 0.15) is 192 Å². The molecular weight excluding hydrogens is 681 g/mol. The second-order valence-electron chi connectivity index (χ2n) is 22.7. The lowest BCUT2D eigenvalue weighted by Crippen LogP contribution is -2.36. The molecule has 0 saturated carbocycles. The fraction of sp³-hybridized carbons (Fsp3) is 0.519. The van der Waals surface area contributed by atoms with E-state index in [4.69, 9.17) is 9.47 Å². The molecule has 0 saturated heterocycles. The van der Waals surface area contributed by atoms with E-state index in [1.807, 2.05) is 0 Å². The van der Waals surface area contributed by atoms with Gasteiger partial charge in [0.2, 0.25) is 0 Å². The van der Waals surface area contributed by atoms with Gasteiger partial charge in [-0.25, -0.2) is 0 Å². The van der Waals surface area contributed by atoms with E-state index < -0.39 is 0 Å². The predicted octanol–water partition coefficient (Wildman–Crippen LogP) is 15.0. The Hall–Kier alpha value is -3.78. The summed E-state index contributed by atoms with van der Waals surface area (Å²) in [5.41, 5.74) is 16.5. The number of benzene rings is 4. The van der Waals surface area contributed by atoms with Gasteiger partial charge in [0.25, 0.3) is 0 Å². The maximum absolute atomic E-state index is 5.73. The summed E-state index contributed by atoms with van der Waals surface area (Å²) in [6.45, 7) is 43.1. The zero-order valence-corrected chi connectivity index (χ0v) is 38.9. The van der Waals surface area contributed by atoms with Crippen molar-refractivity contribution < 1.29 is 9.47 Å². The normalized spacial score (nSPS) is 17.2. The fourth-order valence-corrected chi connectivity index (χ4v) is 8.73. The molecule has 56 heavy (non-hydrogen) atoms. The van der Waals surface area contributed by atoms with E-state index in [0.717, 1.165) is 11.5 Å². The highest BCUT2D eigenvalue weighted by Gasteiger charge is 2.50. The van der Waals surface area contributed by atoms with Crippen molar-refractivity contribution in [2.24, 2.45) is 0 Å². The van der Waals surface area contributed by atoms with Crippen LogP contribution in [0.5, 0.6) is 11.5 Å². The lowest BCUT2D eigenvalue weighted by atomic mass is 9.53. The van der Waals surface area contributed by atoms with Crippen molar-refractivity contribution in [2.75, 3.05) is 14.2 Å². The lowest BCUT2D eigenvalue weighted by Gasteiger charge is -2.50. The molecule has 302 valence electrons.